The van der Waals surface area contributed by atoms with E-state index < -0.39 is 89.3 Å². The van der Waals surface area contributed by atoms with Gasteiger partial charge in [0, 0.05) is 16.9 Å². The number of rotatable bonds is 16. The highest BCUT2D eigenvalue weighted by Gasteiger charge is 2.58. The number of Topliss-reactive ketones (excluding diaryl/α,β-unsaturated/α-hetero) is 1. The van der Waals surface area contributed by atoms with Crippen LogP contribution in [0.3, 0.4) is 0 Å². The van der Waals surface area contributed by atoms with E-state index in [4.69, 9.17) is 87.6 Å². The predicted molar refractivity (Wildman–Crippen MR) is 216 cm³/mol. The standard InChI is InChI=1S/C41H43Cl3N4O13/c1-23(49)18-19-28(50)57-35-32(54-21-25-14-8-4-9-15-25)33(34(36(51)52-2)60-39(35)61-40(45)41(42,43)44)59-38-29(47-48-46)31(53-20-24-12-6-3-7-13-24)30-27(56-38)22-55-37(58-30)26-16-10-5-11-17-26/h3-17,27,29-35,37-39,45H,18-22H2,1-2H3/t27-,29-,30-,31-,32+,33+,34-,35-,37-,38-,39?/m1/s1. The zero-order valence-corrected chi connectivity index (χ0v) is 35.1. The molecule has 3 heterocycles. The van der Waals surface area contributed by atoms with Gasteiger partial charge in [0.2, 0.25) is 12.2 Å². The molecule has 3 saturated heterocycles. The van der Waals surface area contributed by atoms with Crippen molar-refractivity contribution >= 4 is 58.4 Å². The first-order chi connectivity index (χ1) is 29.4. The van der Waals surface area contributed by atoms with Crippen LogP contribution in [0.15, 0.2) is 96.1 Å². The summed E-state index contributed by atoms with van der Waals surface area (Å²) >= 11 is 17.9. The summed E-state index contributed by atoms with van der Waals surface area (Å²) in [7, 11) is 1.09. The number of hydrogen-bond acceptors (Lipinski definition) is 15. The van der Waals surface area contributed by atoms with Crippen LogP contribution in [0.2, 0.25) is 0 Å². The van der Waals surface area contributed by atoms with Crippen molar-refractivity contribution in [3.63, 3.8) is 0 Å². The van der Waals surface area contributed by atoms with Crippen molar-refractivity contribution in [1.82, 2.24) is 0 Å². The first kappa shape index (κ1) is 46.2. The maximum Gasteiger partial charge on any atom is 0.338 e. The molecule has 11 atom stereocenters. The highest BCUT2D eigenvalue weighted by molar-refractivity contribution is 6.76. The molecule has 0 aliphatic carbocycles. The number of halogens is 3. The van der Waals surface area contributed by atoms with Crippen molar-refractivity contribution in [3.8, 4) is 0 Å². The third kappa shape index (κ3) is 12.2. The van der Waals surface area contributed by atoms with Crippen LogP contribution in [0.4, 0.5) is 0 Å². The molecule has 3 aromatic rings. The van der Waals surface area contributed by atoms with E-state index >= 15 is 0 Å². The first-order valence-electron chi connectivity index (χ1n) is 19.1. The molecule has 0 saturated carbocycles. The number of benzene rings is 3. The maximum absolute atomic E-state index is 13.7. The van der Waals surface area contributed by atoms with Gasteiger partial charge in [-0.05, 0) is 23.6 Å². The number of fused-ring (bicyclic) bond motifs is 1. The van der Waals surface area contributed by atoms with Crippen LogP contribution < -0.4 is 0 Å². The van der Waals surface area contributed by atoms with Crippen LogP contribution >= 0.6 is 34.8 Å². The second-order valence-electron chi connectivity index (χ2n) is 14.1. The Labute approximate surface area is 365 Å². The fourth-order valence-corrected chi connectivity index (χ4v) is 6.99. The van der Waals surface area contributed by atoms with Crippen molar-refractivity contribution in [2.45, 2.75) is 104 Å². The lowest BCUT2D eigenvalue weighted by Crippen LogP contribution is -2.67. The van der Waals surface area contributed by atoms with Gasteiger partial charge in [0.25, 0.3) is 3.79 Å². The van der Waals surface area contributed by atoms with Gasteiger partial charge in [-0.2, -0.15) is 0 Å². The van der Waals surface area contributed by atoms with Gasteiger partial charge < -0.3 is 52.2 Å². The second kappa shape index (κ2) is 21.6. The van der Waals surface area contributed by atoms with Crippen molar-refractivity contribution in [3.05, 3.63) is 118 Å². The number of azide groups is 1. The van der Waals surface area contributed by atoms with Gasteiger partial charge in [-0.3, -0.25) is 10.2 Å². The Bertz CT molecular complexity index is 1990. The van der Waals surface area contributed by atoms with Crippen molar-refractivity contribution < 1.29 is 61.8 Å². The molecule has 20 heteroatoms. The zero-order chi connectivity index (χ0) is 43.5. The molecule has 3 aliphatic rings. The summed E-state index contributed by atoms with van der Waals surface area (Å²) in [5, 5.41) is 12.4. The quantitative estimate of drug-likeness (QED) is 0.0305. The van der Waals surface area contributed by atoms with E-state index in [2.05, 4.69) is 10.0 Å². The minimum absolute atomic E-state index is 0.0285. The van der Waals surface area contributed by atoms with E-state index in [9.17, 15) is 19.9 Å². The molecule has 0 bridgehead atoms. The molecule has 3 aliphatic heterocycles. The van der Waals surface area contributed by atoms with E-state index in [0.29, 0.717) is 5.56 Å². The van der Waals surface area contributed by atoms with Crippen LogP contribution in [0.25, 0.3) is 10.4 Å². The van der Waals surface area contributed by atoms with Crippen molar-refractivity contribution in [1.29, 1.82) is 5.41 Å². The Kier molecular flexibility index (Phi) is 16.4. The molecular formula is C41H43Cl3N4O13. The number of nitrogens with one attached hydrogen (secondary N) is 1. The number of carbonyl (C=O) groups excluding carboxylic acids is 3. The number of esters is 2. The fourth-order valence-electron chi connectivity index (χ4n) is 6.86. The number of methoxy groups -OCH3 is 1. The Morgan fingerprint density at radius 3 is 1.98 bits per heavy atom. The van der Waals surface area contributed by atoms with Gasteiger partial charge in [0.05, 0.1) is 33.4 Å². The molecule has 0 amide bonds. The zero-order valence-electron chi connectivity index (χ0n) is 32.8. The number of ether oxygens (including phenoxy) is 10. The molecule has 61 heavy (non-hydrogen) atoms. The lowest BCUT2D eigenvalue weighted by molar-refractivity contribution is -0.370. The number of nitrogens with zero attached hydrogens (tertiary/aromatic N) is 3. The van der Waals surface area contributed by atoms with E-state index in [-0.39, 0.29) is 38.4 Å². The van der Waals surface area contributed by atoms with Crippen LogP contribution in [-0.2, 0) is 75.0 Å². The molecule has 17 nitrogen and oxygen atoms in total. The van der Waals surface area contributed by atoms with Gasteiger partial charge in [0.1, 0.15) is 42.3 Å². The monoisotopic (exact) mass is 904 g/mol. The lowest BCUT2D eigenvalue weighted by atomic mass is 9.94. The number of hydrogen-bond donors (Lipinski definition) is 1. The first-order valence-corrected chi connectivity index (χ1v) is 20.2. The molecule has 0 radical (unpaired) electrons. The molecule has 0 spiro atoms. The Balaban J connectivity index is 1.40. The van der Waals surface area contributed by atoms with E-state index in [1.54, 1.807) is 30.3 Å². The minimum atomic E-state index is -2.42. The Hall–Kier alpha value is -4.36. The van der Waals surface area contributed by atoms with Crippen molar-refractivity contribution in [2.24, 2.45) is 5.11 Å². The summed E-state index contributed by atoms with van der Waals surface area (Å²) in [6.07, 6.45) is -14.1. The summed E-state index contributed by atoms with van der Waals surface area (Å²) in [6, 6.07) is 26.0. The highest BCUT2D eigenvalue weighted by Crippen LogP contribution is 2.40. The van der Waals surface area contributed by atoms with Crippen LogP contribution in [0, 0.1) is 5.41 Å². The van der Waals surface area contributed by atoms with Gasteiger partial charge in [-0.1, -0.05) is 131 Å². The largest absolute Gasteiger partial charge is 0.467 e. The van der Waals surface area contributed by atoms with E-state index in [1.165, 1.54) is 6.92 Å². The highest BCUT2D eigenvalue weighted by atomic mass is 35.6. The fraction of sp³-hybridized carbons (Fsp3) is 0.463. The van der Waals surface area contributed by atoms with E-state index in [1.807, 2.05) is 60.7 Å². The minimum Gasteiger partial charge on any atom is -0.467 e. The van der Waals surface area contributed by atoms with E-state index in [0.717, 1.165) is 18.2 Å². The average Bonchev–Trinajstić information content (AvgIpc) is 3.26. The molecule has 1 N–H and O–H groups in total. The summed E-state index contributed by atoms with van der Waals surface area (Å²) < 4.78 is 58.9. The molecule has 3 aromatic carbocycles. The van der Waals surface area contributed by atoms with Gasteiger partial charge in [0.15, 0.2) is 24.8 Å². The van der Waals surface area contributed by atoms with Crippen LogP contribution in [-0.4, -0.2) is 102 Å². The topological polar surface area (TPSA) is 216 Å². The summed E-state index contributed by atoms with van der Waals surface area (Å²) in [6.45, 7) is 1.18. The van der Waals surface area contributed by atoms with Gasteiger partial charge >= 0.3 is 11.9 Å². The molecule has 0 aromatic heterocycles. The number of alkyl halides is 3. The van der Waals surface area contributed by atoms with Crippen LogP contribution in [0.1, 0.15) is 42.7 Å². The number of ketones is 1. The average molecular weight is 906 g/mol. The molecule has 3 fully saturated rings. The predicted octanol–water partition coefficient (Wildman–Crippen LogP) is 6.60. The maximum atomic E-state index is 13.7. The third-order valence-corrected chi connectivity index (χ3v) is 10.3. The summed E-state index contributed by atoms with van der Waals surface area (Å²) in [4.78, 5) is 42.0. The molecule has 326 valence electrons. The van der Waals surface area contributed by atoms with Gasteiger partial charge in [-0.25, -0.2) is 4.79 Å². The second-order valence-corrected chi connectivity index (χ2v) is 16.4. The summed E-state index contributed by atoms with van der Waals surface area (Å²) in [5.74, 6) is -3.16. The van der Waals surface area contributed by atoms with Gasteiger partial charge in [-0.15, -0.1) is 0 Å². The third-order valence-electron chi connectivity index (χ3n) is 9.79. The Morgan fingerprint density at radius 1 is 0.803 bits per heavy atom. The SMILES string of the molecule is COC(=O)[C@@H]1OC(OC(=N)C(Cl)(Cl)Cl)[C@H](OC(=O)CCC(C)=O)[C@@H](OCc2ccccc2)[C@@H]1O[C@H]1O[C@@H]2CO[C@@H](c3ccccc3)O[C@H]2[C@H](OCc2ccccc2)[C@H]1N=[N+]=[N-]. The van der Waals surface area contributed by atoms with Crippen LogP contribution in [0.5, 0.6) is 0 Å². The molecule has 6 rings (SSSR count). The molecular weight excluding hydrogens is 863 g/mol. The summed E-state index contributed by atoms with van der Waals surface area (Å²) in [5.41, 5.74) is 12.2. The smallest absolute Gasteiger partial charge is 0.338 e. The number of carbonyl (C=O) groups is 3. The molecule has 1 unspecified atom stereocenters. The normalized spacial score (nSPS) is 28.6. The van der Waals surface area contributed by atoms with Crippen molar-refractivity contribution in [2.75, 3.05) is 13.7 Å². The Morgan fingerprint density at radius 2 is 1.41 bits per heavy atom. The lowest BCUT2D eigenvalue weighted by Gasteiger charge is -2.50.